The molecule has 18 heavy (non-hydrogen) atoms. The van der Waals surface area contributed by atoms with Crippen molar-refractivity contribution in [2.24, 2.45) is 5.92 Å². The van der Waals surface area contributed by atoms with E-state index in [1.165, 1.54) is 0 Å². The number of benzene rings is 1. The zero-order chi connectivity index (χ0) is 13.5. The smallest absolute Gasteiger partial charge is 0.203 e. The first kappa shape index (κ1) is 14.7. The van der Waals surface area contributed by atoms with E-state index in [9.17, 15) is 0 Å². The van der Waals surface area contributed by atoms with Gasteiger partial charge < -0.3 is 14.2 Å². The summed E-state index contributed by atoms with van der Waals surface area (Å²) < 4.78 is 16.7. The summed E-state index contributed by atoms with van der Waals surface area (Å²) in [6.45, 7) is 7.14. The molecular formula is C15H24O3. The first-order chi connectivity index (χ1) is 8.63. The molecule has 0 amide bonds. The molecule has 0 radical (unpaired) electrons. The summed E-state index contributed by atoms with van der Waals surface area (Å²) in [5, 5.41) is 0. The van der Waals surface area contributed by atoms with E-state index in [0.29, 0.717) is 12.5 Å². The average Bonchev–Trinajstić information content (AvgIpc) is 2.37. The number of hydrogen-bond acceptors (Lipinski definition) is 3. The summed E-state index contributed by atoms with van der Waals surface area (Å²) in [6.07, 6.45) is 1.93. The predicted molar refractivity (Wildman–Crippen MR) is 73.9 cm³/mol. The van der Waals surface area contributed by atoms with Gasteiger partial charge in [0.25, 0.3) is 0 Å². The van der Waals surface area contributed by atoms with Crippen LogP contribution in [-0.2, 0) is 6.42 Å². The molecule has 0 N–H and O–H groups in total. The Morgan fingerprint density at radius 3 is 2.28 bits per heavy atom. The van der Waals surface area contributed by atoms with Crippen LogP contribution in [0.3, 0.4) is 0 Å². The van der Waals surface area contributed by atoms with E-state index in [1.54, 1.807) is 14.2 Å². The van der Waals surface area contributed by atoms with E-state index < -0.39 is 0 Å². The minimum Gasteiger partial charge on any atom is -0.493 e. The fourth-order valence-electron chi connectivity index (χ4n) is 1.78. The SMILES string of the molecule is CCc1ccc(OC)c(OCCC(C)C)c1OC. The summed E-state index contributed by atoms with van der Waals surface area (Å²) in [4.78, 5) is 0. The Kier molecular flexibility index (Phi) is 5.83. The fraction of sp³-hybridized carbons (Fsp3) is 0.600. The predicted octanol–water partition coefficient (Wildman–Crippen LogP) is 3.69. The van der Waals surface area contributed by atoms with E-state index >= 15 is 0 Å². The molecule has 3 nitrogen and oxygen atoms in total. The maximum Gasteiger partial charge on any atom is 0.203 e. The van der Waals surface area contributed by atoms with Gasteiger partial charge in [-0.2, -0.15) is 0 Å². The largest absolute Gasteiger partial charge is 0.493 e. The average molecular weight is 252 g/mol. The molecule has 0 aliphatic carbocycles. The summed E-state index contributed by atoms with van der Waals surface area (Å²) in [5.41, 5.74) is 1.14. The van der Waals surface area contributed by atoms with Crippen LogP contribution in [0.5, 0.6) is 17.2 Å². The Labute approximate surface area is 110 Å². The van der Waals surface area contributed by atoms with Crippen LogP contribution in [0.1, 0.15) is 32.8 Å². The van der Waals surface area contributed by atoms with Crippen molar-refractivity contribution in [1.82, 2.24) is 0 Å². The molecule has 0 fully saturated rings. The van der Waals surface area contributed by atoms with Crippen molar-refractivity contribution in [2.75, 3.05) is 20.8 Å². The van der Waals surface area contributed by atoms with Crippen molar-refractivity contribution in [2.45, 2.75) is 33.6 Å². The molecule has 1 aromatic rings. The van der Waals surface area contributed by atoms with Gasteiger partial charge in [-0.1, -0.05) is 26.8 Å². The lowest BCUT2D eigenvalue weighted by Gasteiger charge is -2.17. The van der Waals surface area contributed by atoms with E-state index in [4.69, 9.17) is 14.2 Å². The normalized spacial score (nSPS) is 10.6. The second-order valence-electron chi connectivity index (χ2n) is 4.67. The lowest BCUT2D eigenvalue weighted by molar-refractivity contribution is 0.256. The van der Waals surface area contributed by atoms with Gasteiger partial charge in [0.15, 0.2) is 11.5 Å². The van der Waals surface area contributed by atoms with Gasteiger partial charge in [-0.05, 0) is 30.4 Å². The maximum absolute atomic E-state index is 5.85. The molecule has 1 rings (SSSR count). The van der Waals surface area contributed by atoms with Crippen molar-refractivity contribution in [1.29, 1.82) is 0 Å². The third kappa shape index (κ3) is 3.56. The first-order valence-electron chi connectivity index (χ1n) is 6.50. The fourth-order valence-corrected chi connectivity index (χ4v) is 1.78. The molecule has 0 spiro atoms. The third-order valence-electron chi connectivity index (χ3n) is 2.90. The van der Waals surface area contributed by atoms with Crippen LogP contribution in [0.25, 0.3) is 0 Å². The van der Waals surface area contributed by atoms with Crippen molar-refractivity contribution in [3.63, 3.8) is 0 Å². The van der Waals surface area contributed by atoms with Crippen molar-refractivity contribution in [3.8, 4) is 17.2 Å². The molecule has 0 heterocycles. The Morgan fingerprint density at radius 2 is 1.78 bits per heavy atom. The summed E-state index contributed by atoms with van der Waals surface area (Å²) in [7, 11) is 3.32. The summed E-state index contributed by atoms with van der Waals surface area (Å²) >= 11 is 0. The molecule has 0 unspecified atom stereocenters. The van der Waals surface area contributed by atoms with E-state index in [0.717, 1.165) is 35.7 Å². The van der Waals surface area contributed by atoms with Crippen molar-refractivity contribution >= 4 is 0 Å². The molecule has 1 aromatic carbocycles. The van der Waals surface area contributed by atoms with Crippen molar-refractivity contribution < 1.29 is 14.2 Å². The number of rotatable bonds is 7. The highest BCUT2D eigenvalue weighted by atomic mass is 16.5. The Bertz CT molecular complexity index is 372. The van der Waals surface area contributed by atoms with Crippen LogP contribution in [-0.4, -0.2) is 20.8 Å². The summed E-state index contributed by atoms with van der Waals surface area (Å²) in [6, 6.07) is 3.96. The highest BCUT2D eigenvalue weighted by Gasteiger charge is 2.15. The van der Waals surface area contributed by atoms with E-state index in [1.807, 2.05) is 12.1 Å². The Balaban J connectivity index is 2.96. The molecule has 0 aliphatic rings. The quantitative estimate of drug-likeness (QED) is 0.740. The molecule has 0 saturated carbocycles. The van der Waals surface area contributed by atoms with E-state index in [-0.39, 0.29) is 0 Å². The van der Waals surface area contributed by atoms with E-state index in [2.05, 4.69) is 20.8 Å². The van der Waals surface area contributed by atoms with Crippen LogP contribution in [0.2, 0.25) is 0 Å². The van der Waals surface area contributed by atoms with Crippen LogP contribution in [0.4, 0.5) is 0 Å². The standard InChI is InChI=1S/C15H24O3/c1-6-12-7-8-13(16-4)15(14(12)17-5)18-10-9-11(2)3/h7-8,11H,6,9-10H2,1-5H3. The molecule has 0 aliphatic heterocycles. The first-order valence-corrected chi connectivity index (χ1v) is 6.50. The van der Waals surface area contributed by atoms with Gasteiger partial charge >= 0.3 is 0 Å². The second kappa shape index (κ2) is 7.14. The molecule has 102 valence electrons. The topological polar surface area (TPSA) is 27.7 Å². The molecular weight excluding hydrogens is 228 g/mol. The summed E-state index contributed by atoms with van der Waals surface area (Å²) in [5.74, 6) is 2.87. The minimum atomic E-state index is 0.622. The number of methoxy groups -OCH3 is 2. The lowest BCUT2D eigenvalue weighted by atomic mass is 10.1. The third-order valence-corrected chi connectivity index (χ3v) is 2.90. The zero-order valence-corrected chi connectivity index (χ0v) is 12.1. The van der Waals surface area contributed by atoms with Crippen LogP contribution < -0.4 is 14.2 Å². The Morgan fingerprint density at radius 1 is 1.06 bits per heavy atom. The lowest BCUT2D eigenvalue weighted by Crippen LogP contribution is -2.05. The van der Waals surface area contributed by atoms with Gasteiger partial charge in [0.05, 0.1) is 20.8 Å². The van der Waals surface area contributed by atoms with Gasteiger partial charge in [-0.25, -0.2) is 0 Å². The van der Waals surface area contributed by atoms with Crippen LogP contribution in [0, 0.1) is 5.92 Å². The maximum atomic E-state index is 5.85. The minimum absolute atomic E-state index is 0.622. The number of hydrogen-bond donors (Lipinski definition) is 0. The van der Waals surface area contributed by atoms with Gasteiger partial charge in [-0.3, -0.25) is 0 Å². The number of aryl methyl sites for hydroxylation is 1. The number of ether oxygens (including phenoxy) is 3. The molecule has 3 heteroatoms. The molecule has 0 saturated heterocycles. The van der Waals surface area contributed by atoms with Crippen LogP contribution >= 0.6 is 0 Å². The Hall–Kier alpha value is -1.38. The molecule has 0 aromatic heterocycles. The van der Waals surface area contributed by atoms with Gasteiger partial charge in [0, 0.05) is 0 Å². The van der Waals surface area contributed by atoms with Crippen molar-refractivity contribution in [3.05, 3.63) is 17.7 Å². The zero-order valence-electron chi connectivity index (χ0n) is 12.1. The monoisotopic (exact) mass is 252 g/mol. The highest BCUT2D eigenvalue weighted by molar-refractivity contribution is 5.55. The van der Waals surface area contributed by atoms with Gasteiger partial charge in [-0.15, -0.1) is 0 Å². The highest BCUT2D eigenvalue weighted by Crippen LogP contribution is 2.40. The van der Waals surface area contributed by atoms with Gasteiger partial charge in [0.2, 0.25) is 5.75 Å². The second-order valence-corrected chi connectivity index (χ2v) is 4.67. The van der Waals surface area contributed by atoms with Gasteiger partial charge in [0.1, 0.15) is 0 Å². The molecule has 0 atom stereocenters. The van der Waals surface area contributed by atoms with Crippen LogP contribution in [0.15, 0.2) is 12.1 Å². The molecule has 0 bridgehead atoms.